The highest BCUT2D eigenvalue weighted by Gasteiger charge is 2.11. The number of carbonyl (C=O) groups is 1. The lowest BCUT2D eigenvalue weighted by molar-refractivity contribution is 0.100. The molecule has 0 radical (unpaired) electrons. The van der Waals surface area contributed by atoms with Crippen molar-refractivity contribution in [1.29, 1.82) is 0 Å². The number of amides is 1. The smallest absolute Gasteiger partial charge is 0.250 e. The van der Waals surface area contributed by atoms with Crippen molar-refractivity contribution in [1.82, 2.24) is 9.97 Å². The van der Waals surface area contributed by atoms with Gasteiger partial charge < -0.3 is 16.5 Å². The Balaban J connectivity index is 1.83. The summed E-state index contributed by atoms with van der Waals surface area (Å²) in [6, 6.07) is 13.0. The average Bonchev–Trinajstić information content (AvgIpc) is 2.89. The van der Waals surface area contributed by atoms with E-state index in [1.165, 1.54) is 0 Å². The number of H-pyrrole nitrogens is 1. The van der Waals surface area contributed by atoms with Gasteiger partial charge in [-0.25, -0.2) is 4.98 Å². The largest absolute Gasteiger partial charge is 0.399 e. The minimum Gasteiger partial charge on any atom is -0.399 e. The first-order valence-electron chi connectivity index (χ1n) is 6.39. The molecule has 3 aromatic rings. The minimum absolute atomic E-state index is 0.437. The summed E-state index contributed by atoms with van der Waals surface area (Å²) in [6.07, 6.45) is 0. The molecule has 0 spiro atoms. The van der Waals surface area contributed by atoms with Crippen LogP contribution in [0.4, 0.5) is 5.69 Å². The molecule has 0 saturated heterocycles. The summed E-state index contributed by atoms with van der Waals surface area (Å²) in [7, 11) is 0. The quantitative estimate of drug-likeness (QED) is 0.509. The maximum Gasteiger partial charge on any atom is 0.250 e. The van der Waals surface area contributed by atoms with Crippen molar-refractivity contribution in [3.8, 4) is 0 Å². The summed E-state index contributed by atoms with van der Waals surface area (Å²) < 4.78 is 0. The summed E-state index contributed by atoms with van der Waals surface area (Å²) in [4.78, 5) is 20.2. The van der Waals surface area contributed by atoms with Crippen LogP contribution in [0.5, 0.6) is 0 Å². The fraction of sp³-hybridized carbons (Fsp3) is 0.0667. The molecule has 21 heavy (non-hydrogen) atoms. The molecule has 5 nitrogen and oxygen atoms in total. The van der Waals surface area contributed by atoms with Crippen LogP contribution in [0, 0.1) is 0 Å². The van der Waals surface area contributed by atoms with Crippen LogP contribution in [-0.4, -0.2) is 15.9 Å². The highest BCUT2D eigenvalue weighted by Crippen LogP contribution is 2.24. The number of thioether (sulfide) groups is 1. The lowest BCUT2D eigenvalue weighted by Gasteiger charge is -1.99. The predicted molar refractivity (Wildman–Crippen MR) is 85.0 cm³/mol. The monoisotopic (exact) mass is 298 g/mol. The van der Waals surface area contributed by atoms with Crippen molar-refractivity contribution in [2.75, 3.05) is 5.73 Å². The Hall–Kier alpha value is -2.47. The molecule has 1 aromatic heterocycles. The van der Waals surface area contributed by atoms with E-state index < -0.39 is 5.91 Å². The maximum atomic E-state index is 11.4. The van der Waals surface area contributed by atoms with Gasteiger partial charge >= 0.3 is 0 Å². The number of rotatable bonds is 4. The Kier molecular flexibility index (Phi) is 3.53. The fourth-order valence-electron chi connectivity index (χ4n) is 2.07. The number of para-hydroxylation sites is 1. The van der Waals surface area contributed by atoms with Crippen LogP contribution in [0.1, 0.15) is 16.2 Å². The summed E-state index contributed by atoms with van der Waals surface area (Å²) in [6.45, 7) is 0. The van der Waals surface area contributed by atoms with E-state index in [0.717, 1.165) is 21.9 Å². The zero-order valence-electron chi connectivity index (χ0n) is 11.2. The van der Waals surface area contributed by atoms with Crippen molar-refractivity contribution >= 4 is 34.4 Å². The second kappa shape index (κ2) is 5.49. The molecule has 3 rings (SSSR count). The van der Waals surface area contributed by atoms with Gasteiger partial charge in [-0.2, -0.15) is 0 Å². The Morgan fingerprint density at radius 1 is 1.19 bits per heavy atom. The third kappa shape index (κ3) is 2.85. The van der Waals surface area contributed by atoms with Crippen molar-refractivity contribution in [3.05, 3.63) is 53.9 Å². The Morgan fingerprint density at radius 2 is 1.95 bits per heavy atom. The van der Waals surface area contributed by atoms with E-state index in [9.17, 15) is 4.79 Å². The van der Waals surface area contributed by atoms with Gasteiger partial charge in [-0.3, -0.25) is 4.79 Å². The van der Waals surface area contributed by atoms with Gasteiger partial charge in [0.25, 0.3) is 5.91 Å². The first-order chi connectivity index (χ1) is 10.1. The van der Waals surface area contributed by atoms with Gasteiger partial charge in [-0.05, 0) is 36.4 Å². The lowest BCUT2D eigenvalue weighted by Crippen LogP contribution is -2.11. The normalized spacial score (nSPS) is 10.9. The molecule has 0 bridgehead atoms. The number of nitrogens with two attached hydrogens (primary N) is 2. The summed E-state index contributed by atoms with van der Waals surface area (Å²) in [5.41, 5.74) is 13.6. The number of fused-ring (bicyclic) bond motifs is 1. The Bertz CT molecular complexity index is 795. The first-order valence-corrected chi connectivity index (χ1v) is 7.38. The van der Waals surface area contributed by atoms with Gasteiger partial charge in [0.2, 0.25) is 0 Å². The number of nitrogens with one attached hydrogen (secondary N) is 1. The van der Waals surface area contributed by atoms with Crippen molar-refractivity contribution < 1.29 is 4.79 Å². The molecular weight excluding hydrogens is 284 g/mol. The zero-order chi connectivity index (χ0) is 14.8. The van der Waals surface area contributed by atoms with E-state index >= 15 is 0 Å². The molecular formula is C15H14N4OS. The van der Waals surface area contributed by atoms with Crippen LogP contribution >= 0.6 is 11.8 Å². The van der Waals surface area contributed by atoms with E-state index in [1.807, 2.05) is 30.3 Å². The highest BCUT2D eigenvalue weighted by molar-refractivity contribution is 7.98. The van der Waals surface area contributed by atoms with Crippen LogP contribution in [-0.2, 0) is 5.75 Å². The number of hydrogen-bond acceptors (Lipinski definition) is 4. The maximum absolute atomic E-state index is 11.4. The van der Waals surface area contributed by atoms with Gasteiger partial charge in [0.15, 0.2) is 0 Å². The highest BCUT2D eigenvalue weighted by atomic mass is 32.2. The predicted octanol–water partition coefficient (Wildman–Crippen LogP) is 2.54. The SMILES string of the molecule is NC(=O)c1cccc2[nH]c(CSc3ccc(N)cc3)nc12. The van der Waals surface area contributed by atoms with Crippen LogP contribution in [0.15, 0.2) is 47.4 Å². The van der Waals surface area contributed by atoms with Crippen molar-refractivity contribution in [3.63, 3.8) is 0 Å². The second-order valence-electron chi connectivity index (χ2n) is 4.61. The van der Waals surface area contributed by atoms with E-state index in [4.69, 9.17) is 11.5 Å². The van der Waals surface area contributed by atoms with Crippen molar-refractivity contribution in [2.45, 2.75) is 10.6 Å². The molecule has 0 unspecified atom stereocenters. The number of nitrogens with zero attached hydrogens (tertiary/aromatic N) is 1. The summed E-state index contributed by atoms with van der Waals surface area (Å²) >= 11 is 1.65. The third-order valence-electron chi connectivity index (χ3n) is 3.08. The minimum atomic E-state index is -0.468. The van der Waals surface area contributed by atoms with Gasteiger partial charge in [0.1, 0.15) is 11.3 Å². The third-order valence-corrected chi connectivity index (χ3v) is 4.11. The molecule has 6 heteroatoms. The van der Waals surface area contributed by atoms with E-state index in [0.29, 0.717) is 16.8 Å². The molecule has 5 N–H and O–H groups in total. The fourth-order valence-corrected chi connectivity index (χ4v) is 2.83. The molecule has 0 aliphatic heterocycles. The average molecular weight is 298 g/mol. The lowest BCUT2D eigenvalue weighted by atomic mass is 10.2. The number of anilines is 1. The number of nitrogen functional groups attached to an aromatic ring is 1. The Morgan fingerprint density at radius 3 is 2.67 bits per heavy atom. The molecule has 106 valence electrons. The van der Waals surface area contributed by atoms with E-state index in [-0.39, 0.29) is 0 Å². The van der Waals surface area contributed by atoms with Gasteiger partial charge in [0.05, 0.1) is 16.8 Å². The van der Waals surface area contributed by atoms with Crippen molar-refractivity contribution in [2.24, 2.45) is 5.73 Å². The van der Waals surface area contributed by atoms with E-state index in [1.54, 1.807) is 23.9 Å². The van der Waals surface area contributed by atoms with Crippen LogP contribution < -0.4 is 11.5 Å². The zero-order valence-corrected chi connectivity index (χ0v) is 12.0. The standard InChI is InChI=1S/C15H14N4OS/c16-9-4-6-10(7-5-9)21-8-13-18-12-3-1-2-11(15(17)20)14(12)19-13/h1-7H,8,16H2,(H2,17,20)(H,18,19). The van der Waals surface area contributed by atoms with Crippen LogP contribution in [0.25, 0.3) is 11.0 Å². The summed E-state index contributed by atoms with van der Waals surface area (Å²) in [5, 5.41) is 0. The second-order valence-corrected chi connectivity index (χ2v) is 5.66. The molecule has 0 saturated carbocycles. The molecule has 2 aromatic carbocycles. The van der Waals surface area contributed by atoms with Crippen LogP contribution in [0.3, 0.4) is 0 Å². The number of benzene rings is 2. The van der Waals surface area contributed by atoms with Gasteiger partial charge in [-0.1, -0.05) is 6.07 Å². The van der Waals surface area contributed by atoms with Crippen LogP contribution in [0.2, 0.25) is 0 Å². The number of primary amides is 1. The molecule has 0 fully saturated rings. The number of carbonyl (C=O) groups excluding carboxylic acids is 1. The summed E-state index contributed by atoms with van der Waals surface area (Å²) in [5.74, 6) is 1.02. The topological polar surface area (TPSA) is 97.8 Å². The number of aromatic amines is 1. The molecule has 1 amide bonds. The molecule has 0 aliphatic rings. The van der Waals surface area contributed by atoms with Gasteiger partial charge in [0, 0.05) is 10.6 Å². The first kappa shape index (κ1) is 13.5. The molecule has 0 aliphatic carbocycles. The van der Waals surface area contributed by atoms with E-state index in [2.05, 4.69) is 9.97 Å². The number of hydrogen-bond donors (Lipinski definition) is 3. The number of aromatic nitrogens is 2. The Labute approximate surface area is 125 Å². The molecule has 0 atom stereocenters. The van der Waals surface area contributed by atoms with Gasteiger partial charge in [-0.15, -0.1) is 11.8 Å². The number of imidazole rings is 1. The molecule has 1 heterocycles.